The Morgan fingerprint density at radius 1 is 0.931 bits per heavy atom. The maximum Gasteiger partial charge on any atom is 0.161 e. The van der Waals surface area contributed by atoms with Gasteiger partial charge in [-0.25, -0.2) is 4.39 Å². The molecule has 0 spiro atoms. The van der Waals surface area contributed by atoms with Crippen molar-refractivity contribution in [2.45, 2.75) is 26.6 Å². The van der Waals surface area contributed by atoms with Gasteiger partial charge in [0.15, 0.2) is 11.5 Å². The number of benzene rings is 3. The Hall–Kier alpha value is -2.27. The molecule has 0 bridgehead atoms. The van der Waals surface area contributed by atoms with Gasteiger partial charge in [0.05, 0.1) is 12.1 Å². The van der Waals surface area contributed by atoms with E-state index in [4.69, 9.17) is 21.1 Å². The van der Waals surface area contributed by atoms with E-state index in [9.17, 15) is 4.39 Å². The van der Waals surface area contributed by atoms with Crippen molar-refractivity contribution in [3.8, 4) is 11.5 Å². The predicted octanol–water partition coefficient (Wildman–Crippen LogP) is 6.09. The maximum absolute atomic E-state index is 13.9. The van der Waals surface area contributed by atoms with Gasteiger partial charge in [-0.05, 0) is 42.3 Å². The second kappa shape index (κ2) is 11.1. The largest absolute Gasteiger partial charge is 0.493 e. The van der Waals surface area contributed by atoms with Crippen LogP contribution in [0.3, 0.4) is 0 Å². The minimum atomic E-state index is -0.386. The van der Waals surface area contributed by atoms with Crippen LogP contribution in [0.25, 0.3) is 0 Å². The van der Waals surface area contributed by atoms with Gasteiger partial charge in [0.2, 0.25) is 0 Å². The highest BCUT2D eigenvalue weighted by Crippen LogP contribution is 2.30. The first-order valence-electron chi connectivity index (χ1n) is 9.05. The van der Waals surface area contributed by atoms with Crippen molar-refractivity contribution in [1.29, 1.82) is 0 Å². The standard InChI is InChI=1S/C23H23ClFNO2.ClH/c1-16-6-8-17(9-7-16)13-26-14-18-10-11-22(23(12-18)27-2)28-15-19-20(24)4-3-5-21(19)25;/h3-12,26H,13-15H2,1-2H3;1H. The molecular weight excluding hydrogens is 412 g/mol. The molecule has 3 aromatic rings. The first kappa shape index (κ1) is 23.0. The lowest BCUT2D eigenvalue weighted by Gasteiger charge is -2.14. The Morgan fingerprint density at radius 2 is 1.62 bits per heavy atom. The Morgan fingerprint density at radius 3 is 2.31 bits per heavy atom. The molecule has 0 unspecified atom stereocenters. The normalized spacial score (nSPS) is 10.3. The Kier molecular flexibility index (Phi) is 8.77. The van der Waals surface area contributed by atoms with Crippen LogP contribution < -0.4 is 14.8 Å². The van der Waals surface area contributed by atoms with E-state index in [1.54, 1.807) is 19.2 Å². The van der Waals surface area contributed by atoms with Crippen LogP contribution in [0.5, 0.6) is 11.5 Å². The van der Waals surface area contributed by atoms with Gasteiger partial charge in [0.1, 0.15) is 12.4 Å². The molecule has 0 saturated carbocycles. The highest BCUT2D eigenvalue weighted by Gasteiger charge is 2.11. The van der Waals surface area contributed by atoms with E-state index in [2.05, 4.69) is 36.5 Å². The molecule has 0 fully saturated rings. The van der Waals surface area contributed by atoms with E-state index in [-0.39, 0.29) is 24.8 Å². The van der Waals surface area contributed by atoms with E-state index in [0.717, 1.165) is 12.1 Å². The summed E-state index contributed by atoms with van der Waals surface area (Å²) in [6, 6.07) is 18.7. The van der Waals surface area contributed by atoms with Gasteiger partial charge in [-0.2, -0.15) is 0 Å². The molecule has 0 aromatic heterocycles. The fourth-order valence-electron chi connectivity index (χ4n) is 2.82. The van der Waals surface area contributed by atoms with Gasteiger partial charge < -0.3 is 14.8 Å². The Labute approximate surface area is 182 Å². The summed E-state index contributed by atoms with van der Waals surface area (Å²) in [4.78, 5) is 0. The van der Waals surface area contributed by atoms with Gasteiger partial charge in [-0.3, -0.25) is 0 Å². The highest BCUT2D eigenvalue weighted by atomic mass is 35.5. The summed E-state index contributed by atoms with van der Waals surface area (Å²) in [5, 5.41) is 3.76. The Balaban J connectivity index is 0.00000300. The van der Waals surface area contributed by atoms with Crippen LogP contribution in [0, 0.1) is 12.7 Å². The van der Waals surface area contributed by atoms with Crippen LogP contribution in [0.2, 0.25) is 5.02 Å². The van der Waals surface area contributed by atoms with E-state index >= 15 is 0 Å². The summed E-state index contributed by atoms with van der Waals surface area (Å²) in [6.45, 7) is 3.59. The summed E-state index contributed by atoms with van der Waals surface area (Å²) in [5.74, 6) is 0.759. The molecule has 0 amide bonds. The van der Waals surface area contributed by atoms with Gasteiger partial charge in [0, 0.05) is 18.7 Å². The monoisotopic (exact) mass is 435 g/mol. The zero-order valence-corrected chi connectivity index (χ0v) is 17.9. The number of methoxy groups -OCH3 is 1. The second-order valence-corrected chi connectivity index (χ2v) is 6.97. The molecule has 0 radical (unpaired) electrons. The minimum absolute atomic E-state index is 0. The summed E-state index contributed by atoms with van der Waals surface area (Å²) >= 11 is 6.05. The van der Waals surface area contributed by atoms with Gasteiger partial charge >= 0.3 is 0 Å². The molecule has 0 atom stereocenters. The molecule has 6 heteroatoms. The summed E-state index contributed by atoms with van der Waals surface area (Å²) in [7, 11) is 1.59. The van der Waals surface area contributed by atoms with E-state index in [1.807, 2.05) is 18.2 Å². The second-order valence-electron chi connectivity index (χ2n) is 6.56. The van der Waals surface area contributed by atoms with Crippen LogP contribution in [-0.2, 0) is 19.7 Å². The van der Waals surface area contributed by atoms with Crippen molar-refractivity contribution in [1.82, 2.24) is 5.32 Å². The maximum atomic E-state index is 13.9. The molecule has 0 saturated heterocycles. The number of nitrogens with one attached hydrogen (secondary N) is 1. The van der Waals surface area contributed by atoms with Gasteiger partial charge in [-0.1, -0.05) is 53.6 Å². The number of ether oxygens (including phenoxy) is 2. The number of rotatable bonds is 8. The van der Waals surface area contributed by atoms with Gasteiger partial charge in [0.25, 0.3) is 0 Å². The predicted molar refractivity (Wildman–Crippen MR) is 118 cm³/mol. The molecular formula is C23H24Cl2FNO2. The average Bonchev–Trinajstić information content (AvgIpc) is 2.69. The number of halogens is 3. The topological polar surface area (TPSA) is 30.5 Å². The molecule has 0 aliphatic carbocycles. The minimum Gasteiger partial charge on any atom is -0.493 e. The van der Waals surface area contributed by atoms with Crippen LogP contribution in [0.4, 0.5) is 4.39 Å². The first-order chi connectivity index (χ1) is 13.6. The Bertz CT molecular complexity index is 912. The zero-order chi connectivity index (χ0) is 19.9. The van der Waals surface area contributed by atoms with Gasteiger partial charge in [-0.15, -0.1) is 12.4 Å². The smallest absolute Gasteiger partial charge is 0.161 e. The van der Waals surface area contributed by atoms with Crippen LogP contribution in [-0.4, -0.2) is 7.11 Å². The van der Waals surface area contributed by atoms with Crippen molar-refractivity contribution < 1.29 is 13.9 Å². The van der Waals surface area contributed by atoms with Crippen molar-refractivity contribution in [2.75, 3.05) is 7.11 Å². The number of hydrogen-bond acceptors (Lipinski definition) is 3. The third-order valence-electron chi connectivity index (χ3n) is 4.44. The number of hydrogen-bond donors (Lipinski definition) is 1. The lowest BCUT2D eigenvalue weighted by Crippen LogP contribution is -2.12. The van der Waals surface area contributed by atoms with E-state index in [0.29, 0.717) is 28.6 Å². The molecule has 0 heterocycles. The van der Waals surface area contributed by atoms with Crippen molar-refractivity contribution >= 4 is 24.0 Å². The summed E-state index contributed by atoms with van der Waals surface area (Å²) in [5.41, 5.74) is 3.88. The van der Waals surface area contributed by atoms with Crippen molar-refractivity contribution in [3.63, 3.8) is 0 Å². The highest BCUT2D eigenvalue weighted by molar-refractivity contribution is 6.31. The third-order valence-corrected chi connectivity index (χ3v) is 4.79. The molecule has 1 N–H and O–H groups in total. The average molecular weight is 436 g/mol. The van der Waals surface area contributed by atoms with E-state index < -0.39 is 0 Å². The van der Waals surface area contributed by atoms with Crippen LogP contribution in [0.15, 0.2) is 60.7 Å². The fraction of sp³-hybridized carbons (Fsp3) is 0.217. The lowest BCUT2D eigenvalue weighted by atomic mass is 10.1. The van der Waals surface area contributed by atoms with E-state index in [1.165, 1.54) is 17.2 Å². The van der Waals surface area contributed by atoms with Crippen LogP contribution in [0.1, 0.15) is 22.3 Å². The lowest BCUT2D eigenvalue weighted by molar-refractivity contribution is 0.279. The molecule has 3 aromatic carbocycles. The van der Waals surface area contributed by atoms with Crippen molar-refractivity contribution in [2.24, 2.45) is 0 Å². The molecule has 3 nitrogen and oxygen atoms in total. The molecule has 0 aliphatic heterocycles. The van der Waals surface area contributed by atoms with Crippen LogP contribution >= 0.6 is 24.0 Å². The van der Waals surface area contributed by atoms with Crippen molar-refractivity contribution in [3.05, 3.63) is 93.8 Å². The molecule has 29 heavy (non-hydrogen) atoms. The fourth-order valence-corrected chi connectivity index (χ4v) is 3.04. The molecule has 3 rings (SSSR count). The quantitative estimate of drug-likeness (QED) is 0.464. The third kappa shape index (κ3) is 6.36. The SMILES string of the molecule is COc1cc(CNCc2ccc(C)cc2)ccc1OCc1c(F)cccc1Cl.Cl. The molecule has 154 valence electrons. The molecule has 0 aliphatic rings. The number of aryl methyl sites for hydroxylation is 1. The summed E-state index contributed by atoms with van der Waals surface area (Å²) in [6.07, 6.45) is 0. The zero-order valence-electron chi connectivity index (χ0n) is 16.4. The first-order valence-corrected chi connectivity index (χ1v) is 9.43. The summed E-state index contributed by atoms with van der Waals surface area (Å²) < 4.78 is 25.1.